The highest BCUT2D eigenvalue weighted by Crippen LogP contribution is 2.11. The number of nitrogens with two attached hydrogens (primary N) is 1. The summed E-state index contributed by atoms with van der Waals surface area (Å²) in [5, 5.41) is 8.45. The minimum atomic E-state index is -3.71. The average molecular weight is 375 g/mol. The van der Waals surface area contributed by atoms with Gasteiger partial charge in [-0.15, -0.1) is 0 Å². The Morgan fingerprint density at radius 3 is 2.46 bits per heavy atom. The zero-order valence-corrected chi connectivity index (χ0v) is 16.3. The van der Waals surface area contributed by atoms with E-state index < -0.39 is 10.0 Å². The summed E-state index contributed by atoms with van der Waals surface area (Å²) in [5.41, 5.74) is 3.21. The number of benzene rings is 2. The normalized spacial score (nSPS) is 12.1. The molecule has 0 atom stereocenters. The van der Waals surface area contributed by atoms with Gasteiger partial charge in [0.05, 0.1) is 11.4 Å². The summed E-state index contributed by atoms with van der Waals surface area (Å²) in [5.74, 6) is 0.758. The molecule has 0 bridgehead atoms. The molecule has 2 rings (SSSR count). The van der Waals surface area contributed by atoms with Crippen molar-refractivity contribution in [3.05, 3.63) is 65.2 Å². The van der Waals surface area contributed by atoms with Crippen LogP contribution in [0, 0.1) is 6.92 Å². The minimum absolute atomic E-state index is 0.100. The van der Waals surface area contributed by atoms with E-state index in [0.29, 0.717) is 6.54 Å². The number of primary sulfonamides is 1. The summed E-state index contributed by atoms with van der Waals surface area (Å²) in [6.07, 6.45) is 0. The lowest BCUT2D eigenvalue weighted by atomic mass is 10.1. The Morgan fingerprint density at radius 2 is 1.85 bits per heavy atom. The van der Waals surface area contributed by atoms with Crippen LogP contribution in [0.1, 0.15) is 23.6 Å². The lowest BCUT2D eigenvalue weighted by molar-refractivity contribution is 0.476. The first-order valence-corrected chi connectivity index (χ1v) is 10.0. The van der Waals surface area contributed by atoms with Crippen LogP contribution < -0.4 is 10.5 Å². The summed E-state index contributed by atoms with van der Waals surface area (Å²) in [4.78, 5) is 6.76. The van der Waals surface area contributed by atoms with Crippen molar-refractivity contribution in [1.29, 1.82) is 0 Å². The van der Waals surface area contributed by atoms with Crippen LogP contribution in [-0.2, 0) is 23.1 Å². The first-order valence-electron chi connectivity index (χ1n) is 8.46. The predicted octanol–water partition coefficient (Wildman–Crippen LogP) is 2.24. The zero-order chi connectivity index (χ0) is 19.2. The molecule has 0 unspecified atom stereocenters. The van der Waals surface area contributed by atoms with Gasteiger partial charge in [-0.2, -0.15) is 0 Å². The molecule has 0 radical (unpaired) electrons. The second-order valence-corrected chi connectivity index (χ2v) is 7.77. The number of guanidine groups is 1. The zero-order valence-electron chi connectivity index (χ0n) is 15.4. The van der Waals surface area contributed by atoms with Crippen LogP contribution in [-0.4, -0.2) is 32.9 Å². The molecule has 140 valence electrons. The Labute approximate surface area is 155 Å². The molecule has 0 aromatic heterocycles. The molecule has 0 saturated carbocycles. The Bertz CT molecular complexity index is 861. The number of aryl methyl sites for hydroxylation is 1. The molecule has 0 fully saturated rings. The van der Waals surface area contributed by atoms with Crippen molar-refractivity contribution in [1.82, 2.24) is 10.2 Å². The van der Waals surface area contributed by atoms with E-state index in [-0.39, 0.29) is 4.90 Å². The van der Waals surface area contributed by atoms with Gasteiger partial charge in [-0.3, -0.25) is 0 Å². The molecule has 0 heterocycles. The van der Waals surface area contributed by atoms with E-state index in [0.717, 1.165) is 24.6 Å². The third kappa shape index (κ3) is 5.86. The highest BCUT2D eigenvalue weighted by atomic mass is 32.2. The maximum Gasteiger partial charge on any atom is 0.238 e. The number of aliphatic imine (C=N–C) groups is 1. The van der Waals surface area contributed by atoms with E-state index in [1.165, 1.54) is 17.2 Å². The molecule has 2 aromatic rings. The molecule has 0 aliphatic carbocycles. The molecule has 0 spiro atoms. The Balaban J connectivity index is 2.14. The highest BCUT2D eigenvalue weighted by molar-refractivity contribution is 7.89. The third-order valence-electron chi connectivity index (χ3n) is 3.88. The lowest BCUT2D eigenvalue weighted by Gasteiger charge is -2.22. The standard InChI is InChI=1S/C19H26N4O2S/c1-4-21-19(23(3)14-16-10-8-15(2)9-11-16)22-13-17-6-5-7-18(12-17)26(20,24)25/h5-12H,4,13-14H2,1-3H3,(H,21,22)(H2,20,24,25). The SMILES string of the molecule is CCNC(=NCc1cccc(S(N)(=O)=O)c1)N(C)Cc1ccc(C)cc1. The summed E-state index contributed by atoms with van der Waals surface area (Å²) in [6.45, 7) is 5.91. The van der Waals surface area contributed by atoms with Crippen LogP contribution in [0.15, 0.2) is 58.4 Å². The van der Waals surface area contributed by atoms with E-state index >= 15 is 0 Å². The van der Waals surface area contributed by atoms with Gasteiger partial charge in [0.25, 0.3) is 0 Å². The molecule has 7 heteroatoms. The van der Waals surface area contributed by atoms with Gasteiger partial charge in [0.2, 0.25) is 10.0 Å². The molecule has 0 aliphatic rings. The van der Waals surface area contributed by atoms with Crippen molar-refractivity contribution < 1.29 is 8.42 Å². The molecule has 3 N–H and O–H groups in total. The number of hydrogen-bond donors (Lipinski definition) is 2. The number of rotatable bonds is 6. The molecule has 6 nitrogen and oxygen atoms in total. The second-order valence-electron chi connectivity index (χ2n) is 6.20. The molecular formula is C19H26N4O2S. The lowest BCUT2D eigenvalue weighted by Crippen LogP contribution is -2.38. The van der Waals surface area contributed by atoms with E-state index in [1.54, 1.807) is 12.1 Å². The van der Waals surface area contributed by atoms with Crippen LogP contribution >= 0.6 is 0 Å². The monoisotopic (exact) mass is 374 g/mol. The van der Waals surface area contributed by atoms with Crippen LogP contribution in [0.3, 0.4) is 0 Å². The van der Waals surface area contributed by atoms with E-state index in [9.17, 15) is 8.42 Å². The van der Waals surface area contributed by atoms with Crippen LogP contribution in [0.5, 0.6) is 0 Å². The fraction of sp³-hybridized carbons (Fsp3) is 0.316. The Hall–Kier alpha value is -2.38. The average Bonchev–Trinajstić information content (AvgIpc) is 2.60. The number of nitrogens with one attached hydrogen (secondary N) is 1. The van der Waals surface area contributed by atoms with Gasteiger partial charge in [0, 0.05) is 20.1 Å². The quantitative estimate of drug-likeness (QED) is 0.600. The van der Waals surface area contributed by atoms with Gasteiger partial charge in [0.15, 0.2) is 5.96 Å². The molecule has 0 aliphatic heterocycles. The van der Waals surface area contributed by atoms with Crippen molar-refractivity contribution in [2.24, 2.45) is 10.1 Å². The van der Waals surface area contributed by atoms with Gasteiger partial charge >= 0.3 is 0 Å². The molecule has 26 heavy (non-hydrogen) atoms. The first-order chi connectivity index (χ1) is 12.3. The van der Waals surface area contributed by atoms with Crippen molar-refractivity contribution >= 4 is 16.0 Å². The fourth-order valence-corrected chi connectivity index (χ4v) is 3.08. The predicted molar refractivity (Wildman–Crippen MR) is 105 cm³/mol. The Kier molecular flexibility index (Phi) is 6.76. The van der Waals surface area contributed by atoms with Crippen LogP contribution in [0.4, 0.5) is 0 Å². The number of nitrogens with zero attached hydrogens (tertiary/aromatic N) is 2. The van der Waals surface area contributed by atoms with Crippen LogP contribution in [0.25, 0.3) is 0 Å². The number of sulfonamides is 1. The van der Waals surface area contributed by atoms with E-state index in [4.69, 9.17) is 5.14 Å². The number of hydrogen-bond acceptors (Lipinski definition) is 3. The third-order valence-corrected chi connectivity index (χ3v) is 4.79. The second kappa shape index (κ2) is 8.82. The smallest absolute Gasteiger partial charge is 0.238 e. The van der Waals surface area contributed by atoms with Gasteiger partial charge in [-0.05, 0) is 37.1 Å². The summed E-state index contributed by atoms with van der Waals surface area (Å²) in [7, 11) is -1.73. The Morgan fingerprint density at radius 1 is 1.15 bits per heavy atom. The molecular weight excluding hydrogens is 348 g/mol. The van der Waals surface area contributed by atoms with Crippen LogP contribution in [0.2, 0.25) is 0 Å². The van der Waals surface area contributed by atoms with Gasteiger partial charge in [-0.25, -0.2) is 18.5 Å². The first kappa shape index (κ1) is 19.9. The maximum absolute atomic E-state index is 11.5. The van der Waals surface area contributed by atoms with Crippen molar-refractivity contribution in [2.45, 2.75) is 31.8 Å². The minimum Gasteiger partial charge on any atom is -0.357 e. The van der Waals surface area contributed by atoms with E-state index in [1.807, 2.05) is 24.9 Å². The van der Waals surface area contributed by atoms with Gasteiger partial charge in [0.1, 0.15) is 0 Å². The molecule has 0 amide bonds. The van der Waals surface area contributed by atoms with E-state index in [2.05, 4.69) is 41.5 Å². The summed E-state index contributed by atoms with van der Waals surface area (Å²) >= 11 is 0. The topological polar surface area (TPSA) is 87.8 Å². The molecule has 0 saturated heterocycles. The fourth-order valence-electron chi connectivity index (χ4n) is 2.50. The summed E-state index contributed by atoms with van der Waals surface area (Å²) in [6, 6.07) is 14.9. The highest BCUT2D eigenvalue weighted by Gasteiger charge is 2.09. The van der Waals surface area contributed by atoms with Crippen molar-refractivity contribution in [2.75, 3.05) is 13.6 Å². The van der Waals surface area contributed by atoms with Crippen molar-refractivity contribution in [3.8, 4) is 0 Å². The van der Waals surface area contributed by atoms with Gasteiger partial charge in [-0.1, -0.05) is 42.0 Å². The largest absolute Gasteiger partial charge is 0.357 e. The van der Waals surface area contributed by atoms with Crippen molar-refractivity contribution in [3.63, 3.8) is 0 Å². The maximum atomic E-state index is 11.5. The summed E-state index contributed by atoms with van der Waals surface area (Å²) < 4.78 is 23.0. The van der Waals surface area contributed by atoms with Gasteiger partial charge < -0.3 is 10.2 Å². The molecule has 2 aromatic carbocycles.